The molecule has 25 heavy (non-hydrogen) atoms. The van der Waals surface area contributed by atoms with Crippen molar-refractivity contribution in [2.24, 2.45) is 11.1 Å². The van der Waals surface area contributed by atoms with Crippen LogP contribution in [0.3, 0.4) is 0 Å². The summed E-state index contributed by atoms with van der Waals surface area (Å²) in [5, 5.41) is 4.56. The van der Waals surface area contributed by atoms with E-state index in [0.717, 1.165) is 0 Å². The molecule has 0 unspecified atom stereocenters. The molecule has 8 heteroatoms. The maximum atomic E-state index is 11.6. The van der Waals surface area contributed by atoms with Crippen molar-refractivity contribution in [2.75, 3.05) is 27.6 Å². The van der Waals surface area contributed by atoms with Crippen LogP contribution >= 0.6 is 11.8 Å². The smallest absolute Gasteiger partial charge is 0.334 e. The number of benzene rings is 1. The third kappa shape index (κ3) is 5.27. The topological polar surface area (TPSA) is 92.4 Å². The monoisotopic (exact) mass is 366 g/mol. The van der Waals surface area contributed by atoms with E-state index in [-0.39, 0.29) is 0 Å². The van der Waals surface area contributed by atoms with Crippen LogP contribution in [0.1, 0.15) is 18.1 Å². The van der Waals surface area contributed by atoms with Gasteiger partial charge < -0.3 is 19.1 Å². The van der Waals surface area contributed by atoms with Crippen LogP contribution in [0.2, 0.25) is 0 Å². The fourth-order valence-corrected chi connectivity index (χ4v) is 2.65. The summed E-state index contributed by atoms with van der Waals surface area (Å²) in [5.74, 6) is 5.69. The van der Waals surface area contributed by atoms with Gasteiger partial charge in [-0.15, -0.1) is 11.8 Å². The lowest BCUT2D eigenvalue weighted by Crippen LogP contribution is -2.09. The van der Waals surface area contributed by atoms with Crippen molar-refractivity contribution in [3.8, 4) is 0 Å². The van der Waals surface area contributed by atoms with E-state index in [4.69, 9.17) is 20.3 Å². The highest BCUT2D eigenvalue weighted by Gasteiger charge is 2.19. The molecule has 0 aliphatic rings. The minimum absolute atomic E-state index is 0.319. The molecule has 1 aromatic rings. The van der Waals surface area contributed by atoms with Gasteiger partial charge >= 0.3 is 5.97 Å². The summed E-state index contributed by atoms with van der Waals surface area (Å²) in [6.45, 7) is 1.81. The van der Waals surface area contributed by atoms with Gasteiger partial charge in [-0.05, 0) is 13.2 Å². The molecule has 0 spiro atoms. The number of nitrogens with zero attached hydrogens (tertiary/aromatic N) is 1. The first-order valence-electron chi connectivity index (χ1n) is 7.20. The zero-order chi connectivity index (χ0) is 18.8. The first-order chi connectivity index (χ1) is 12.0. The van der Waals surface area contributed by atoms with Crippen molar-refractivity contribution in [1.82, 2.24) is 0 Å². The average Bonchev–Trinajstić information content (AvgIpc) is 2.64. The molecule has 0 atom stereocenters. The molecular weight excluding hydrogens is 344 g/mol. The lowest BCUT2D eigenvalue weighted by molar-refractivity contribution is -0.134. The van der Waals surface area contributed by atoms with Crippen molar-refractivity contribution in [3.05, 3.63) is 47.0 Å². The van der Waals surface area contributed by atoms with E-state index in [2.05, 4.69) is 9.89 Å². The van der Waals surface area contributed by atoms with Crippen molar-refractivity contribution >= 4 is 34.3 Å². The Balaban J connectivity index is 3.59. The second-order valence-corrected chi connectivity index (χ2v) is 5.43. The molecule has 0 aliphatic heterocycles. The van der Waals surface area contributed by atoms with E-state index in [9.17, 15) is 4.79 Å². The van der Waals surface area contributed by atoms with E-state index in [1.165, 1.54) is 39.2 Å². The Hall–Kier alpha value is -2.45. The summed E-state index contributed by atoms with van der Waals surface area (Å²) < 4.78 is 10.0. The predicted octanol–water partition coefficient (Wildman–Crippen LogP) is 2.79. The number of rotatable bonds is 7. The summed E-state index contributed by atoms with van der Waals surface area (Å²) in [6, 6.07) is 7.22. The lowest BCUT2D eigenvalue weighted by Gasteiger charge is -2.16. The van der Waals surface area contributed by atoms with E-state index < -0.39 is 5.97 Å². The van der Waals surface area contributed by atoms with Crippen LogP contribution in [0.15, 0.2) is 41.1 Å². The number of thioether (sulfide) groups is 1. The van der Waals surface area contributed by atoms with Crippen LogP contribution in [0, 0.1) is 0 Å². The maximum absolute atomic E-state index is 11.6. The molecule has 0 saturated carbocycles. The third-order valence-electron chi connectivity index (χ3n) is 3.25. The Labute approximate surface area is 151 Å². The minimum atomic E-state index is -0.534. The standard InChI is InChI=1S/C17H22N2O5S/c1-11(17(25-5)19-23-4)16(24-18)13-9-7-6-8-12(13)14(21-2)10-15(20)22-3/h6-10H,18H2,1-5H3/b14-10+,16-11-,19-17+. The zero-order valence-electron chi connectivity index (χ0n) is 14.9. The van der Waals surface area contributed by atoms with Crippen LogP contribution < -0.4 is 5.90 Å². The Morgan fingerprint density at radius 3 is 2.28 bits per heavy atom. The Bertz CT molecular complexity index is 698. The summed E-state index contributed by atoms with van der Waals surface area (Å²) in [6.07, 6.45) is 3.11. The van der Waals surface area contributed by atoms with Crippen molar-refractivity contribution in [3.63, 3.8) is 0 Å². The number of nitrogens with two attached hydrogens (primary N) is 1. The highest BCUT2D eigenvalue weighted by atomic mass is 32.2. The summed E-state index contributed by atoms with van der Waals surface area (Å²) in [5.41, 5.74) is 1.93. The summed E-state index contributed by atoms with van der Waals surface area (Å²) in [4.78, 5) is 21.6. The fourth-order valence-electron chi connectivity index (χ4n) is 2.10. The molecule has 0 saturated heterocycles. The van der Waals surface area contributed by atoms with Crippen LogP contribution in [0.5, 0.6) is 0 Å². The zero-order valence-corrected chi connectivity index (χ0v) is 15.7. The van der Waals surface area contributed by atoms with Gasteiger partial charge in [-0.2, -0.15) is 5.90 Å². The van der Waals surface area contributed by atoms with Gasteiger partial charge in [0.25, 0.3) is 0 Å². The van der Waals surface area contributed by atoms with Crippen molar-refractivity contribution < 1.29 is 23.9 Å². The van der Waals surface area contributed by atoms with Gasteiger partial charge in [0, 0.05) is 16.7 Å². The number of ether oxygens (including phenoxy) is 2. The normalized spacial score (nSPS) is 13.0. The molecule has 1 aromatic carbocycles. The van der Waals surface area contributed by atoms with Gasteiger partial charge in [0.05, 0.1) is 20.3 Å². The fraction of sp³-hybridized carbons (Fsp3) is 0.294. The van der Waals surface area contributed by atoms with Crippen LogP contribution in [-0.2, 0) is 23.9 Å². The molecule has 136 valence electrons. The van der Waals surface area contributed by atoms with E-state index in [0.29, 0.717) is 33.3 Å². The number of carbonyl (C=O) groups is 1. The van der Waals surface area contributed by atoms with E-state index in [1.807, 2.05) is 25.3 Å². The molecule has 1 rings (SSSR count). The predicted molar refractivity (Wildman–Crippen MR) is 99.3 cm³/mol. The lowest BCUT2D eigenvalue weighted by atomic mass is 10.0. The summed E-state index contributed by atoms with van der Waals surface area (Å²) >= 11 is 1.39. The molecule has 0 heterocycles. The van der Waals surface area contributed by atoms with Crippen LogP contribution in [-0.4, -0.2) is 38.6 Å². The maximum Gasteiger partial charge on any atom is 0.334 e. The SMILES string of the molecule is CO/N=C(SC)\C(C)=C(/ON)c1ccccc1/C(=C\C(=O)OC)OC. The van der Waals surface area contributed by atoms with Crippen LogP contribution in [0.4, 0.5) is 0 Å². The van der Waals surface area contributed by atoms with Gasteiger partial charge in [0.15, 0.2) is 5.76 Å². The number of hydrogen-bond acceptors (Lipinski definition) is 8. The molecule has 2 N–H and O–H groups in total. The Kier molecular flexibility index (Phi) is 8.59. The van der Waals surface area contributed by atoms with Crippen LogP contribution in [0.25, 0.3) is 11.5 Å². The van der Waals surface area contributed by atoms with Gasteiger partial charge in [-0.25, -0.2) is 4.79 Å². The summed E-state index contributed by atoms with van der Waals surface area (Å²) in [7, 11) is 4.22. The van der Waals surface area contributed by atoms with Gasteiger partial charge in [0.1, 0.15) is 17.9 Å². The highest BCUT2D eigenvalue weighted by Crippen LogP contribution is 2.30. The molecule has 0 bridgehead atoms. The Morgan fingerprint density at radius 1 is 1.16 bits per heavy atom. The average molecular weight is 366 g/mol. The van der Waals surface area contributed by atoms with Gasteiger partial charge in [0.2, 0.25) is 0 Å². The van der Waals surface area contributed by atoms with Gasteiger partial charge in [-0.3, -0.25) is 0 Å². The van der Waals surface area contributed by atoms with Crippen molar-refractivity contribution in [2.45, 2.75) is 6.92 Å². The first kappa shape index (κ1) is 20.6. The highest BCUT2D eigenvalue weighted by molar-refractivity contribution is 8.13. The number of esters is 1. The molecule has 0 aromatic heterocycles. The Morgan fingerprint density at radius 2 is 1.80 bits per heavy atom. The molecule has 7 nitrogen and oxygen atoms in total. The first-order valence-corrected chi connectivity index (χ1v) is 8.42. The number of carbonyl (C=O) groups excluding carboxylic acids is 1. The molecule has 0 amide bonds. The number of methoxy groups -OCH3 is 2. The largest absolute Gasteiger partial charge is 0.496 e. The molecular formula is C17H22N2O5S. The molecule has 0 radical (unpaired) electrons. The molecule has 0 aliphatic carbocycles. The minimum Gasteiger partial charge on any atom is -0.496 e. The number of hydrogen-bond donors (Lipinski definition) is 1. The molecule has 0 fully saturated rings. The second kappa shape index (κ2) is 10.4. The van der Waals surface area contributed by atoms with Gasteiger partial charge in [-0.1, -0.05) is 29.4 Å². The van der Waals surface area contributed by atoms with Crippen molar-refractivity contribution in [1.29, 1.82) is 0 Å². The second-order valence-electron chi connectivity index (χ2n) is 4.64. The third-order valence-corrected chi connectivity index (χ3v) is 4.02. The van der Waals surface area contributed by atoms with E-state index in [1.54, 1.807) is 12.1 Å². The van der Waals surface area contributed by atoms with E-state index >= 15 is 0 Å². The quantitative estimate of drug-likeness (QED) is 0.198. The number of oxime groups is 1.